The number of fused-ring (bicyclic) bond motifs is 3. The van der Waals surface area contributed by atoms with Crippen LogP contribution in [-0.2, 0) is 29.8 Å². The molecule has 7 heteroatoms. The molecule has 33 heavy (non-hydrogen) atoms. The molecular formula is C26H31N3O2S2. The van der Waals surface area contributed by atoms with Gasteiger partial charge in [-0.05, 0) is 62.0 Å². The highest BCUT2D eigenvalue weighted by molar-refractivity contribution is 7.98. The van der Waals surface area contributed by atoms with Gasteiger partial charge in [0.15, 0.2) is 0 Å². The molecule has 3 aromatic rings. The van der Waals surface area contributed by atoms with E-state index in [0.717, 1.165) is 73.4 Å². The van der Waals surface area contributed by atoms with Gasteiger partial charge in [0.25, 0.3) is 5.56 Å². The largest absolute Gasteiger partial charge is 0.343 e. The lowest BCUT2D eigenvalue weighted by Gasteiger charge is -2.32. The predicted molar refractivity (Wildman–Crippen MR) is 137 cm³/mol. The van der Waals surface area contributed by atoms with Gasteiger partial charge in [-0.15, -0.1) is 11.3 Å². The van der Waals surface area contributed by atoms with Gasteiger partial charge in [0.05, 0.1) is 11.1 Å². The molecular weight excluding hydrogens is 450 g/mol. The molecule has 0 unspecified atom stereocenters. The van der Waals surface area contributed by atoms with Crippen molar-refractivity contribution in [2.75, 3.05) is 18.8 Å². The van der Waals surface area contributed by atoms with Gasteiger partial charge in [-0.25, -0.2) is 4.98 Å². The average molecular weight is 482 g/mol. The van der Waals surface area contributed by atoms with Crippen LogP contribution in [0, 0.1) is 5.92 Å². The van der Waals surface area contributed by atoms with Crippen LogP contribution in [0.2, 0.25) is 0 Å². The first-order valence-corrected chi connectivity index (χ1v) is 14.1. The van der Waals surface area contributed by atoms with Crippen molar-refractivity contribution in [3.8, 4) is 0 Å². The number of hydrogen-bond donors (Lipinski definition) is 1. The molecule has 0 atom stereocenters. The normalized spacial score (nSPS) is 16.8. The smallest absolute Gasteiger partial charge is 0.259 e. The Balaban J connectivity index is 1.07. The second kappa shape index (κ2) is 10.4. The first kappa shape index (κ1) is 22.7. The van der Waals surface area contributed by atoms with E-state index in [-0.39, 0.29) is 11.5 Å². The molecule has 2 aliphatic rings. The van der Waals surface area contributed by atoms with E-state index in [0.29, 0.717) is 18.1 Å². The molecule has 2 aromatic heterocycles. The minimum absolute atomic E-state index is 0.00412. The molecule has 1 N–H and O–H groups in total. The Hall–Kier alpha value is -2.12. The summed E-state index contributed by atoms with van der Waals surface area (Å²) in [5, 5.41) is 0.814. The van der Waals surface area contributed by atoms with E-state index in [4.69, 9.17) is 4.98 Å². The molecule has 174 valence electrons. The summed E-state index contributed by atoms with van der Waals surface area (Å²) in [5.74, 6) is 3.05. The van der Waals surface area contributed by atoms with Crippen molar-refractivity contribution in [1.29, 1.82) is 0 Å². The minimum atomic E-state index is 0.00412. The van der Waals surface area contributed by atoms with E-state index in [9.17, 15) is 9.59 Å². The first-order valence-electron chi connectivity index (χ1n) is 12.1. The molecule has 0 radical (unpaired) electrons. The zero-order valence-electron chi connectivity index (χ0n) is 19.0. The monoisotopic (exact) mass is 481 g/mol. The SMILES string of the molecule is O=C(CCSCc1nc2sc3c(c2c(=O)[nH]1)CCCC3)N1CCC(Cc2ccccc2)CC1. The van der Waals surface area contributed by atoms with Gasteiger partial charge >= 0.3 is 0 Å². The molecule has 0 bridgehead atoms. The quantitative estimate of drug-likeness (QED) is 0.484. The highest BCUT2D eigenvalue weighted by Crippen LogP contribution is 2.33. The van der Waals surface area contributed by atoms with Gasteiger partial charge in [-0.3, -0.25) is 9.59 Å². The summed E-state index contributed by atoms with van der Waals surface area (Å²) in [5.41, 5.74) is 2.63. The van der Waals surface area contributed by atoms with Crippen molar-refractivity contribution in [3.05, 3.63) is 62.5 Å². The molecule has 0 spiro atoms. The van der Waals surface area contributed by atoms with Crippen molar-refractivity contribution in [1.82, 2.24) is 14.9 Å². The van der Waals surface area contributed by atoms with E-state index < -0.39 is 0 Å². The van der Waals surface area contributed by atoms with E-state index in [1.54, 1.807) is 23.1 Å². The number of nitrogens with one attached hydrogen (secondary N) is 1. The number of rotatable bonds is 7. The van der Waals surface area contributed by atoms with E-state index in [1.165, 1.54) is 22.4 Å². The fourth-order valence-electron chi connectivity index (χ4n) is 5.10. The Morgan fingerprint density at radius 1 is 1.15 bits per heavy atom. The third-order valence-electron chi connectivity index (χ3n) is 6.91. The van der Waals surface area contributed by atoms with Gasteiger partial charge in [0.1, 0.15) is 10.7 Å². The van der Waals surface area contributed by atoms with Crippen LogP contribution < -0.4 is 5.56 Å². The lowest BCUT2D eigenvalue weighted by Crippen LogP contribution is -2.39. The number of thiophene rings is 1. The number of aryl methyl sites for hydroxylation is 2. The molecule has 5 rings (SSSR count). The van der Waals surface area contributed by atoms with Crippen molar-refractivity contribution in [2.24, 2.45) is 5.92 Å². The number of amides is 1. The highest BCUT2D eigenvalue weighted by atomic mass is 32.2. The van der Waals surface area contributed by atoms with Crippen molar-refractivity contribution in [2.45, 2.75) is 57.1 Å². The topological polar surface area (TPSA) is 66.1 Å². The zero-order valence-corrected chi connectivity index (χ0v) is 20.6. The van der Waals surface area contributed by atoms with E-state index >= 15 is 0 Å². The maximum atomic E-state index is 12.7. The standard InChI is InChI=1S/C26H31N3O2S2/c30-23(29-13-10-19(11-14-29)16-18-6-2-1-3-7-18)12-15-32-17-22-27-25(31)24-20-8-4-5-9-21(20)33-26(24)28-22/h1-3,6-7,19H,4-5,8-17H2,(H,27,28,31). The number of H-pyrrole nitrogens is 1. The lowest BCUT2D eigenvalue weighted by molar-refractivity contribution is -0.132. The molecule has 5 nitrogen and oxygen atoms in total. The molecule has 0 saturated carbocycles. The summed E-state index contributed by atoms with van der Waals surface area (Å²) < 4.78 is 0. The number of aromatic amines is 1. The number of carbonyl (C=O) groups is 1. The molecule has 1 aromatic carbocycles. The van der Waals surface area contributed by atoms with Gasteiger partial charge in [-0.2, -0.15) is 11.8 Å². The number of aromatic nitrogens is 2. The number of carbonyl (C=O) groups excluding carboxylic acids is 1. The fraction of sp³-hybridized carbons (Fsp3) is 0.500. The number of nitrogens with zero attached hydrogens (tertiary/aromatic N) is 2. The number of likely N-dealkylation sites (tertiary alicyclic amines) is 1. The van der Waals surface area contributed by atoms with Gasteiger partial charge < -0.3 is 9.88 Å². The number of hydrogen-bond acceptors (Lipinski definition) is 5. The second-order valence-corrected chi connectivity index (χ2v) is 11.4. The first-order chi connectivity index (χ1) is 16.2. The molecule has 1 aliphatic carbocycles. The van der Waals surface area contributed by atoms with Crippen LogP contribution in [0.3, 0.4) is 0 Å². The van der Waals surface area contributed by atoms with Crippen molar-refractivity contribution in [3.63, 3.8) is 0 Å². The maximum Gasteiger partial charge on any atom is 0.259 e. The predicted octanol–water partition coefficient (Wildman–Crippen LogP) is 4.97. The second-order valence-electron chi connectivity index (χ2n) is 9.22. The van der Waals surface area contributed by atoms with Crippen LogP contribution in [-0.4, -0.2) is 39.6 Å². The van der Waals surface area contributed by atoms with Crippen molar-refractivity contribution < 1.29 is 4.79 Å². The highest BCUT2D eigenvalue weighted by Gasteiger charge is 2.23. The van der Waals surface area contributed by atoms with E-state index in [2.05, 4.69) is 35.3 Å². The third kappa shape index (κ3) is 5.35. The zero-order chi connectivity index (χ0) is 22.6. The summed E-state index contributed by atoms with van der Waals surface area (Å²) in [6, 6.07) is 10.7. The summed E-state index contributed by atoms with van der Waals surface area (Å²) in [6.07, 6.45) is 8.28. The third-order valence-corrected chi connectivity index (χ3v) is 9.06. The minimum Gasteiger partial charge on any atom is -0.343 e. The molecule has 3 heterocycles. The Morgan fingerprint density at radius 3 is 2.76 bits per heavy atom. The molecule has 1 amide bonds. The van der Waals surface area contributed by atoms with Crippen LogP contribution in [0.25, 0.3) is 10.2 Å². The van der Waals surface area contributed by atoms with Gasteiger partial charge in [0, 0.05) is 30.1 Å². The summed E-state index contributed by atoms with van der Waals surface area (Å²) >= 11 is 3.37. The summed E-state index contributed by atoms with van der Waals surface area (Å²) in [7, 11) is 0. The lowest BCUT2D eigenvalue weighted by atomic mass is 9.90. The van der Waals surface area contributed by atoms with E-state index in [1.807, 2.05) is 4.90 Å². The van der Waals surface area contributed by atoms with Crippen LogP contribution in [0.5, 0.6) is 0 Å². The number of benzene rings is 1. The van der Waals surface area contributed by atoms with Crippen molar-refractivity contribution >= 4 is 39.2 Å². The number of piperidine rings is 1. The van der Waals surface area contributed by atoms with Crippen LogP contribution in [0.15, 0.2) is 35.1 Å². The molecule has 1 fully saturated rings. The Bertz CT molecular complexity index is 1160. The van der Waals surface area contributed by atoms with Gasteiger partial charge in [0.2, 0.25) is 5.91 Å². The van der Waals surface area contributed by atoms with Gasteiger partial charge in [-0.1, -0.05) is 30.3 Å². The maximum absolute atomic E-state index is 12.7. The molecule has 1 aliphatic heterocycles. The molecule has 1 saturated heterocycles. The van der Waals surface area contributed by atoms with Crippen LogP contribution in [0.1, 0.15) is 53.9 Å². The Kier molecular flexibility index (Phi) is 7.16. The Morgan fingerprint density at radius 2 is 1.94 bits per heavy atom. The average Bonchev–Trinajstić information content (AvgIpc) is 3.22. The Labute approximate surface area is 203 Å². The summed E-state index contributed by atoms with van der Waals surface area (Å²) in [4.78, 5) is 37.3. The fourth-order valence-corrected chi connectivity index (χ4v) is 7.17. The van der Waals surface area contributed by atoms with Crippen LogP contribution >= 0.6 is 23.1 Å². The van der Waals surface area contributed by atoms with Crippen LogP contribution in [0.4, 0.5) is 0 Å². The summed E-state index contributed by atoms with van der Waals surface area (Å²) in [6.45, 7) is 1.74. The number of thioether (sulfide) groups is 1.